The molecule has 0 saturated carbocycles. The molecular weight excluding hydrogens is 334 g/mol. The fourth-order valence-corrected chi connectivity index (χ4v) is 3.83. The normalized spacial score (nSPS) is 22.3. The zero-order valence-electron chi connectivity index (χ0n) is 10.5. The summed E-state index contributed by atoms with van der Waals surface area (Å²) in [6.07, 6.45) is 0. The minimum atomic E-state index is -0.827. The number of carboxylic acid groups (broad SMARTS) is 1. The van der Waals surface area contributed by atoms with E-state index in [2.05, 4.69) is 21.2 Å². The summed E-state index contributed by atoms with van der Waals surface area (Å²) in [5.74, 6) is 0.977. The van der Waals surface area contributed by atoms with E-state index in [-0.39, 0.29) is 5.37 Å². The molecule has 2 rings (SSSR count). The molecule has 7 heteroatoms. The fraction of sp³-hybridized carbons (Fsp3) is 0.417. The van der Waals surface area contributed by atoms with Crippen LogP contribution in [0.3, 0.4) is 0 Å². The van der Waals surface area contributed by atoms with Gasteiger partial charge in [0.2, 0.25) is 0 Å². The van der Waals surface area contributed by atoms with Crippen LogP contribution in [-0.2, 0) is 4.79 Å². The van der Waals surface area contributed by atoms with E-state index in [1.165, 1.54) is 0 Å². The van der Waals surface area contributed by atoms with Crippen molar-refractivity contribution in [1.82, 2.24) is 5.32 Å². The quantitative estimate of drug-likeness (QED) is 0.870. The van der Waals surface area contributed by atoms with Crippen molar-refractivity contribution in [3.8, 4) is 11.5 Å². The Morgan fingerprint density at radius 2 is 2.05 bits per heavy atom. The third-order valence-corrected chi connectivity index (χ3v) is 4.80. The van der Waals surface area contributed by atoms with Gasteiger partial charge in [-0.15, -0.1) is 11.8 Å². The van der Waals surface area contributed by atoms with Gasteiger partial charge < -0.3 is 14.6 Å². The first-order chi connectivity index (χ1) is 9.06. The maximum atomic E-state index is 11.0. The number of ether oxygens (including phenoxy) is 2. The maximum Gasteiger partial charge on any atom is 0.321 e. The van der Waals surface area contributed by atoms with Crippen molar-refractivity contribution in [2.75, 3.05) is 20.0 Å². The van der Waals surface area contributed by atoms with Crippen LogP contribution in [0.4, 0.5) is 0 Å². The smallest absolute Gasteiger partial charge is 0.321 e. The Morgan fingerprint density at radius 3 is 2.58 bits per heavy atom. The van der Waals surface area contributed by atoms with Crippen LogP contribution >= 0.6 is 27.7 Å². The van der Waals surface area contributed by atoms with Gasteiger partial charge in [0.25, 0.3) is 0 Å². The van der Waals surface area contributed by atoms with Crippen LogP contribution in [0.15, 0.2) is 16.6 Å². The van der Waals surface area contributed by atoms with Crippen LogP contribution in [0.25, 0.3) is 0 Å². The van der Waals surface area contributed by atoms with Crippen molar-refractivity contribution in [2.24, 2.45) is 0 Å². The van der Waals surface area contributed by atoms with E-state index in [9.17, 15) is 4.79 Å². The van der Waals surface area contributed by atoms with Crippen LogP contribution in [-0.4, -0.2) is 37.1 Å². The number of carboxylic acids is 1. The second kappa shape index (κ2) is 6.02. The first-order valence-electron chi connectivity index (χ1n) is 5.58. The number of benzene rings is 1. The van der Waals surface area contributed by atoms with E-state index in [4.69, 9.17) is 14.6 Å². The third-order valence-electron chi connectivity index (χ3n) is 2.87. The fourth-order valence-electron chi connectivity index (χ4n) is 1.86. The Bertz CT molecular complexity index is 497. The first-order valence-corrected chi connectivity index (χ1v) is 7.43. The van der Waals surface area contributed by atoms with Gasteiger partial charge in [-0.3, -0.25) is 10.1 Å². The highest BCUT2D eigenvalue weighted by Crippen LogP contribution is 2.41. The molecule has 0 unspecified atom stereocenters. The molecule has 0 spiro atoms. The van der Waals surface area contributed by atoms with Gasteiger partial charge >= 0.3 is 5.97 Å². The molecule has 2 atom stereocenters. The lowest BCUT2D eigenvalue weighted by Crippen LogP contribution is -2.33. The largest absolute Gasteiger partial charge is 0.493 e. The number of hydrogen-bond donors (Lipinski definition) is 2. The summed E-state index contributed by atoms with van der Waals surface area (Å²) in [6, 6.07) is 3.16. The molecule has 0 aromatic heterocycles. The van der Waals surface area contributed by atoms with Crippen molar-refractivity contribution >= 4 is 33.7 Å². The van der Waals surface area contributed by atoms with E-state index in [0.717, 1.165) is 10.0 Å². The predicted octanol–water partition coefficient (Wildman–Crippen LogP) is 2.25. The summed E-state index contributed by atoms with van der Waals surface area (Å²) in [5.41, 5.74) is 0.950. The van der Waals surface area contributed by atoms with E-state index in [1.807, 2.05) is 12.1 Å². The predicted molar refractivity (Wildman–Crippen MR) is 77.0 cm³/mol. The summed E-state index contributed by atoms with van der Waals surface area (Å²) < 4.78 is 11.3. The van der Waals surface area contributed by atoms with Gasteiger partial charge in [-0.25, -0.2) is 0 Å². The molecule has 0 bridgehead atoms. The molecule has 1 aromatic carbocycles. The van der Waals surface area contributed by atoms with Crippen LogP contribution in [0, 0.1) is 0 Å². The molecule has 0 amide bonds. The second-order valence-electron chi connectivity index (χ2n) is 4.00. The molecule has 1 saturated heterocycles. The number of aliphatic carboxylic acids is 1. The molecular formula is C12H14BrNO4S. The number of carbonyl (C=O) groups is 1. The van der Waals surface area contributed by atoms with Crippen LogP contribution in [0.1, 0.15) is 10.9 Å². The highest BCUT2D eigenvalue weighted by Gasteiger charge is 2.31. The van der Waals surface area contributed by atoms with Crippen molar-refractivity contribution in [1.29, 1.82) is 0 Å². The molecule has 1 aliphatic heterocycles. The van der Waals surface area contributed by atoms with Crippen LogP contribution < -0.4 is 14.8 Å². The average molecular weight is 348 g/mol. The maximum absolute atomic E-state index is 11.0. The van der Waals surface area contributed by atoms with Crippen molar-refractivity contribution in [3.63, 3.8) is 0 Å². The standard InChI is InChI=1S/C12H14BrNO4S/c1-17-9-3-6(7(13)4-10(9)18-2)11-14-8(5-19-11)12(15)16/h3-4,8,11,14H,5H2,1-2H3,(H,15,16)/t8-,11-/m1/s1. The molecule has 19 heavy (non-hydrogen) atoms. The van der Waals surface area contributed by atoms with Gasteiger partial charge in [0.1, 0.15) is 6.04 Å². The first kappa shape index (κ1) is 14.5. The lowest BCUT2D eigenvalue weighted by atomic mass is 10.2. The third kappa shape index (κ3) is 2.98. The van der Waals surface area contributed by atoms with Gasteiger partial charge in [0.15, 0.2) is 11.5 Å². The molecule has 5 nitrogen and oxygen atoms in total. The van der Waals surface area contributed by atoms with Crippen molar-refractivity contribution in [2.45, 2.75) is 11.4 Å². The molecule has 2 N–H and O–H groups in total. The molecule has 1 aliphatic rings. The topological polar surface area (TPSA) is 67.8 Å². The summed E-state index contributed by atoms with van der Waals surface area (Å²) >= 11 is 5.04. The van der Waals surface area contributed by atoms with Gasteiger partial charge in [-0.05, 0) is 17.7 Å². The number of nitrogens with one attached hydrogen (secondary N) is 1. The van der Waals surface area contributed by atoms with E-state index < -0.39 is 12.0 Å². The average Bonchev–Trinajstić information content (AvgIpc) is 2.87. The van der Waals surface area contributed by atoms with Crippen molar-refractivity contribution in [3.05, 3.63) is 22.2 Å². The number of halogens is 1. The number of methoxy groups -OCH3 is 2. The summed E-state index contributed by atoms with van der Waals surface area (Å²) in [4.78, 5) is 11.0. The zero-order valence-corrected chi connectivity index (χ0v) is 12.9. The Labute approximate surface area is 123 Å². The lowest BCUT2D eigenvalue weighted by molar-refractivity contribution is -0.138. The zero-order chi connectivity index (χ0) is 14.0. The van der Waals surface area contributed by atoms with Gasteiger partial charge in [0, 0.05) is 10.2 Å². The Morgan fingerprint density at radius 1 is 1.42 bits per heavy atom. The van der Waals surface area contributed by atoms with Crippen LogP contribution in [0.2, 0.25) is 0 Å². The summed E-state index contributed by atoms with van der Waals surface area (Å²) in [7, 11) is 3.15. The van der Waals surface area contributed by atoms with E-state index >= 15 is 0 Å². The highest BCUT2D eigenvalue weighted by molar-refractivity contribution is 9.10. The van der Waals surface area contributed by atoms with E-state index in [1.54, 1.807) is 26.0 Å². The molecule has 1 heterocycles. The van der Waals surface area contributed by atoms with Crippen LogP contribution in [0.5, 0.6) is 11.5 Å². The van der Waals surface area contributed by atoms with E-state index in [0.29, 0.717) is 17.3 Å². The summed E-state index contributed by atoms with van der Waals surface area (Å²) in [5, 5.41) is 12.0. The number of thioether (sulfide) groups is 1. The monoisotopic (exact) mass is 347 g/mol. The molecule has 1 fully saturated rings. The molecule has 0 aliphatic carbocycles. The lowest BCUT2D eigenvalue weighted by Gasteiger charge is -2.16. The number of hydrogen-bond acceptors (Lipinski definition) is 5. The van der Waals surface area contributed by atoms with Gasteiger partial charge in [-0.2, -0.15) is 0 Å². The summed E-state index contributed by atoms with van der Waals surface area (Å²) in [6.45, 7) is 0. The Hall–Kier alpha value is -0.920. The molecule has 1 aromatic rings. The van der Waals surface area contributed by atoms with Crippen molar-refractivity contribution < 1.29 is 19.4 Å². The number of rotatable bonds is 4. The highest BCUT2D eigenvalue weighted by atomic mass is 79.9. The molecule has 104 valence electrons. The minimum Gasteiger partial charge on any atom is -0.493 e. The van der Waals surface area contributed by atoms with Gasteiger partial charge in [-0.1, -0.05) is 15.9 Å². The Kier molecular flexibility index (Phi) is 4.59. The van der Waals surface area contributed by atoms with Gasteiger partial charge in [0.05, 0.1) is 19.6 Å². The molecule has 0 radical (unpaired) electrons. The second-order valence-corrected chi connectivity index (χ2v) is 5.99. The minimum absolute atomic E-state index is 0.0738. The SMILES string of the molecule is COc1cc(Br)c([C@@H]2N[C@@H](C(=O)O)CS2)cc1OC. The Balaban J connectivity index is 2.28.